The summed E-state index contributed by atoms with van der Waals surface area (Å²) < 4.78 is 5.48. The third-order valence-corrected chi connectivity index (χ3v) is 4.44. The van der Waals surface area contributed by atoms with Gasteiger partial charge in [0.05, 0.1) is 5.56 Å². The average molecular weight is 414 g/mol. The van der Waals surface area contributed by atoms with Gasteiger partial charge in [-0.15, -0.1) is 0 Å². The van der Waals surface area contributed by atoms with Crippen molar-refractivity contribution in [2.75, 3.05) is 0 Å². The lowest BCUT2D eigenvalue weighted by Gasteiger charge is -2.08. The largest absolute Gasteiger partial charge is 0.422 e. The van der Waals surface area contributed by atoms with Gasteiger partial charge in [0, 0.05) is 17.2 Å². The van der Waals surface area contributed by atoms with E-state index in [4.69, 9.17) is 4.74 Å². The van der Waals surface area contributed by atoms with Crippen molar-refractivity contribution in [1.29, 1.82) is 0 Å². The second-order valence-electron chi connectivity index (χ2n) is 6.94. The van der Waals surface area contributed by atoms with Gasteiger partial charge in [-0.05, 0) is 50.3 Å². The zero-order valence-electron chi connectivity index (χ0n) is 17.2. The summed E-state index contributed by atoms with van der Waals surface area (Å²) >= 11 is 0. The fraction of sp³-hybridized carbons (Fsp3) is 0.0800. The van der Waals surface area contributed by atoms with Crippen LogP contribution >= 0.6 is 0 Å². The van der Waals surface area contributed by atoms with E-state index >= 15 is 0 Å². The number of benzene rings is 3. The minimum absolute atomic E-state index is 0.320. The molecule has 6 heteroatoms. The van der Waals surface area contributed by atoms with Gasteiger partial charge < -0.3 is 4.74 Å². The van der Waals surface area contributed by atoms with Crippen molar-refractivity contribution in [3.8, 4) is 5.75 Å². The summed E-state index contributed by atoms with van der Waals surface area (Å²) in [6.07, 6.45) is 2.75. The molecule has 0 bridgehead atoms. The van der Waals surface area contributed by atoms with Crippen LogP contribution in [0.1, 0.15) is 37.4 Å². The molecule has 0 saturated carbocycles. The lowest BCUT2D eigenvalue weighted by molar-refractivity contribution is -0.117. The molecule has 0 aliphatic rings. The third-order valence-electron chi connectivity index (χ3n) is 4.44. The van der Waals surface area contributed by atoms with Gasteiger partial charge in [0.2, 0.25) is 0 Å². The molecule has 31 heavy (non-hydrogen) atoms. The number of aryl methyl sites for hydroxylation is 2. The molecule has 3 aromatic carbocycles. The maximum absolute atomic E-state index is 12.4. The van der Waals surface area contributed by atoms with E-state index in [1.165, 1.54) is 12.2 Å². The number of hydrogen-bond acceptors (Lipinski definition) is 4. The molecule has 0 unspecified atom stereocenters. The molecule has 0 aliphatic carbocycles. The first-order chi connectivity index (χ1) is 14.9. The number of ether oxygens (including phenoxy) is 1. The summed E-state index contributed by atoms with van der Waals surface area (Å²) in [5, 5.41) is 0. The quantitative estimate of drug-likeness (QED) is 0.286. The van der Waals surface area contributed by atoms with Gasteiger partial charge in [0.1, 0.15) is 5.75 Å². The number of para-hydroxylation sites is 1. The van der Waals surface area contributed by atoms with E-state index in [2.05, 4.69) is 10.9 Å². The summed E-state index contributed by atoms with van der Waals surface area (Å²) in [5.74, 6) is -1.12. The van der Waals surface area contributed by atoms with Crippen molar-refractivity contribution in [3.05, 3.63) is 107 Å². The Morgan fingerprint density at radius 2 is 1.32 bits per heavy atom. The first kappa shape index (κ1) is 21.5. The molecule has 0 spiro atoms. The molecule has 2 N–H and O–H groups in total. The highest BCUT2D eigenvalue weighted by molar-refractivity contribution is 5.98. The third kappa shape index (κ3) is 6.14. The Morgan fingerprint density at radius 1 is 0.742 bits per heavy atom. The Hall–Kier alpha value is -4.19. The van der Waals surface area contributed by atoms with Gasteiger partial charge in [0.15, 0.2) is 0 Å². The number of hydrazine groups is 1. The molecule has 0 aliphatic heterocycles. The monoisotopic (exact) mass is 414 g/mol. The van der Waals surface area contributed by atoms with E-state index in [1.807, 2.05) is 38.1 Å². The van der Waals surface area contributed by atoms with Gasteiger partial charge in [0.25, 0.3) is 11.8 Å². The summed E-state index contributed by atoms with van der Waals surface area (Å²) in [4.78, 5) is 36.5. The van der Waals surface area contributed by atoms with E-state index in [-0.39, 0.29) is 0 Å². The number of hydrogen-bond donors (Lipinski definition) is 2. The van der Waals surface area contributed by atoms with E-state index < -0.39 is 17.8 Å². The lowest BCUT2D eigenvalue weighted by Crippen LogP contribution is -2.40. The molecular formula is C25H22N2O4. The Balaban J connectivity index is 1.60. The Labute approximate surface area is 180 Å². The van der Waals surface area contributed by atoms with Gasteiger partial charge in [-0.25, -0.2) is 4.79 Å². The van der Waals surface area contributed by atoms with Crippen molar-refractivity contribution in [2.24, 2.45) is 0 Å². The molecule has 0 aromatic heterocycles. The standard InChI is InChI=1S/C25H22N2O4/c1-17-7-11-20(12-8-17)24(29)27-26-23(28)16-15-19-5-3-4-6-22(19)31-25(30)21-13-9-18(2)10-14-21/h3-16H,1-2H3,(H,26,28)(H,27,29)/b16-15+. The molecule has 2 amide bonds. The van der Waals surface area contributed by atoms with Gasteiger partial charge in [-0.2, -0.15) is 0 Å². The van der Waals surface area contributed by atoms with Gasteiger partial charge in [-0.1, -0.05) is 53.6 Å². The van der Waals surface area contributed by atoms with E-state index in [9.17, 15) is 14.4 Å². The van der Waals surface area contributed by atoms with Crippen LogP contribution in [0.3, 0.4) is 0 Å². The van der Waals surface area contributed by atoms with Crippen molar-refractivity contribution in [1.82, 2.24) is 10.9 Å². The number of nitrogens with one attached hydrogen (secondary N) is 2. The highest BCUT2D eigenvalue weighted by atomic mass is 16.5. The van der Waals surface area contributed by atoms with Crippen LogP contribution < -0.4 is 15.6 Å². The van der Waals surface area contributed by atoms with Crippen LogP contribution in [-0.2, 0) is 4.79 Å². The molecule has 0 saturated heterocycles. The molecule has 6 nitrogen and oxygen atoms in total. The molecule has 0 atom stereocenters. The molecular weight excluding hydrogens is 392 g/mol. The van der Waals surface area contributed by atoms with E-state index in [0.29, 0.717) is 22.4 Å². The van der Waals surface area contributed by atoms with Crippen molar-refractivity contribution >= 4 is 23.9 Å². The minimum Gasteiger partial charge on any atom is -0.422 e. The molecule has 3 rings (SSSR count). The lowest BCUT2D eigenvalue weighted by atomic mass is 10.1. The number of carbonyl (C=O) groups is 3. The predicted octanol–water partition coefficient (Wildman–Crippen LogP) is 4.00. The van der Waals surface area contributed by atoms with E-state index in [1.54, 1.807) is 48.5 Å². The van der Waals surface area contributed by atoms with Crippen LogP contribution in [-0.4, -0.2) is 17.8 Å². The molecule has 0 heterocycles. The highest BCUT2D eigenvalue weighted by Crippen LogP contribution is 2.21. The zero-order chi connectivity index (χ0) is 22.2. The van der Waals surface area contributed by atoms with Crippen LogP contribution in [0, 0.1) is 13.8 Å². The Bertz CT molecular complexity index is 1120. The van der Waals surface area contributed by atoms with E-state index in [0.717, 1.165) is 11.1 Å². The van der Waals surface area contributed by atoms with Crippen LogP contribution in [0.5, 0.6) is 5.75 Å². The van der Waals surface area contributed by atoms with Crippen LogP contribution in [0.4, 0.5) is 0 Å². The molecule has 0 radical (unpaired) electrons. The summed E-state index contributed by atoms with van der Waals surface area (Å²) in [5.41, 5.74) is 8.16. The normalized spacial score (nSPS) is 10.5. The predicted molar refractivity (Wildman–Crippen MR) is 118 cm³/mol. The van der Waals surface area contributed by atoms with Crippen molar-refractivity contribution in [2.45, 2.75) is 13.8 Å². The summed E-state index contributed by atoms with van der Waals surface area (Å²) in [6.45, 7) is 3.85. The number of esters is 1. The summed E-state index contributed by atoms with van der Waals surface area (Å²) in [6, 6.07) is 20.9. The smallest absolute Gasteiger partial charge is 0.343 e. The van der Waals surface area contributed by atoms with Crippen LogP contribution in [0.2, 0.25) is 0 Å². The molecule has 156 valence electrons. The number of rotatable bonds is 5. The average Bonchev–Trinajstić information content (AvgIpc) is 2.77. The SMILES string of the molecule is Cc1ccc(C(=O)NNC(=O)/C=C/c2ccccc2OC(=O)c2ccc(C)cc2)cc1. The van der Waals surface area contributed by atoms with Crippen LogP contribution in [0.25, 0.3) is 6.08 Å². The number of carbonyl (C=O) groups excluding carboxylic acids is 3. The van der Waals surface area contributed by atoms with Gasteiger partial charge in [-0.3, -0.25) is 20.4 Å². The zero-order valence-corrected chi connectivity index (χ0v) is 17.2. The fourth-order valence-corrected chi connectivity index (χ4v) is 2.66. The Kier molecular flexibility index (Phi) is 6.96. The molecule has 3 aromatic rings. The topological polar surface area (TPSA) is 84.5 Å². The fourth-order valence-electron chi connectivity index (χ4n) is 2.66. The van der Waals surface area contributed by atoms with Crippen molar-refractivity contribution in [3.63, 3.8) is 0 Å². The first-order valence-corrected chi connectivity index (χ1v) is 9.65. The number of amides is 2. The minimum atomic E-state index is -0.528. The summed E-state index contributed by atoms with van der Waals surface area (Å²) in [7, 11) is 0. The maximum atomic E-state index is 12.4. The Morgan fingerprint density at radius 3 is 1.97 bits per heavy atom. The van der Waals surface area contributed by atoms with Crippen LogP contribution in [0.15, 0.2) is 78.9 Å². The second-order valence-corrected chi connectivity index (χ2v) is 6.94. The van der Waals surface area contributed by atoms with Gasteiger partial charge >= 0.3 is 5.97 Å². The molecule has 0 fully saturated rings. The first-order valence-electron chi connectivity index (χ1n) is 9.65. The highest BCUT2D eigenvalue weighted by Gasteiger charge is 2.11. The maximum Gasteiger partial charge on any atom is 0.343 e. The van der Waals surface area contributed by atoms with Crippen molar-refractivity contribution < 1.29 is 19.1 Å². The second kappa shape index (κ2) is 10.0.